The number of urea groups is 1. The molecule has 1 aromatic rings. The van der Waals surface area contributed by atoms with Crippen molar-refractivity contribution in [2.75, 3.05) is 26.0 Å². The van der Waals surface area contributed by atoms with Gasteiger partial charge in [-0.25, -0.2) is 4.79 Å². The lowest BCUT2D eigenvalue weighted by molar-refractivity contribution is 0.231. The van der Waals surface area contributed by atoms with Crippen molar-refractivity contribution in [3.05, 3.63) is 29.8 Å². The second-order valence-electron chi connectivity index (χ2n) is 5.95. The van der Waals surface area contributed by atoms with E-state index in [0.29, 0.717) is 18.5 Å². The topological polar surface area (TPSA) is 44.4 Å². The van der Waals surface area contributed by atoms with Gasteiger partial charge in [0.1, 0.15) is 0 Å². The van der Waals surface area contributed by atoms with Crippen molar-refractivity contribution >= 4 is 11.7 Å². The van der Waals surface area contributed by atoms with Crippen molar-refractivity contribution in [2.24, 2.45) is 5.92 Å². The van der Waals surface area contributed by atoms with Gasteiger partial charge in [-0.3, -0.25) is 0 Å². The van der Waals surface area contributed by atoms with Gasteiger partial charge in [-0.05, 0) is 51.1 Å². The number of anilines is 1. The summed E-state index contributed by atoms with van der Waals surface area (Å²) in [4.78, 5) is 14.1. The van der Waals surface area contributed by atoms with E-state index in [1.54, 1.807) is 0 Å². The highest BCUT2D eigenvalue weighted by Gasteiger charge is 2.14. The second kappa shape index (κ2) is 7.90. The summed E-state index contributed by atoms with van der Waals surface area (Å²) in [5.41, 5.74) is 1.96. The Morgan fingerprint density at radius 1 is 1.30 bits per heavy atom. The molecule has 0 heterocycles. The number of amides is 2. The molecule has 0 fully saturated rings. The van der Waals surface area contributed by atoms with Crippen LogP contribution < -0.4 is 10.6 Å². The minimum absolute atomic E-state index is 0.147. The molecule has 0 bridgehead atoms. The number of nitrogens with zero attached hydrogens (tertiary/aromatic N) is 1. The smallest absolute Gasteiger partial charge is 0.319 e. The van der Waals surface area contributed by atoms with Crippen molar-refractivity contribution in [3.63, 3.8) is 0 Å². The molecule has 0 aliphatic carbocycles. The maximum Gasteiger partial charge on any atom is 0.319 e. The summed E-state index contributed by atoms with van der Waals surface area (Å²) in [5.74, 6) is 0.615. The Morgan fingerprint density at radius 2 is 2.00 bits per heavy atom. The molecule has 2 N–H and O–H groups in total. The van der Waals surface area contributed by atoms with Gasteiger partial charge in [0.2, 0.25) is 0 Å². The van der Waals surface area contributed by atoms with E-state index in [1.807, 2.05) is 45.3 Å². The molecule has 0 saturated carbocycles. The highest BCUT2D eigenvalue weighted by atomic mass is 16.2. The van der Waals surface area contributed by atoms with Crippen LogP contribution in [0, 0.1) is 12.8 Å². The summed E-state index contributed by atoms with van der Waals surface area (Å²) in [7, 11) is 4.10. The van der Waals surface area contributed by atoms with Gasteiger partial charge in [-0.2, -0.15) is 0 Å². The number of nitrogens with one attached hydrogen (secondary N) is 2. The van der Waals surface area contributed by atoms with Gasteiger partial charge in [0, 0.05) is 18.3 Å². The lowest BCUT2D eigenvalue weighted by Gasteiger charge is -2.26. The summed E-state index contributed by atoms with van der Waals surface area (Å²) in [6, 6.07) is 8.01. The van der Waals surface area contributed by atoms with Crippen LogP contribution in [0.2, 0.25) is 0 Å². The molecule has 0 radical (unpaired) electrons. The van der Waals surface area contributed by atoms with Crippen molar-refractivity contribution in [2.45, 2.75) is 33.2 Å². The van der Waals surface area contributed by atoms with Crippen molar-refractivity contribution in [1.29, 1.82) is 0 Å². The number of aryl methyl sites for hydroxylation is 1. The van der Waals surface area contributed by atoms with E-state index in [-0.39, 0.29) is 6.03 Å². The lowest BCUT2D eigenvalue weighted by Crippen LogP contribution is -2.42. The maximum absolute atomic E-state index is 11.9. The van der Waals surface area contributed by atoms with Crippen LogP contribution >= 0.6 is 0 Å². The minimum Gasteiger partial charge on any atom is -0.336 e. The van der Waals surface area contributed by atoms with Crippen LogP contribution in [-0.4, -0.2) is 37.6 Å². The summed E-state index contributed by atoms with van der Waals surface area (Å²) in [6.07, 6.45) is 1.07. The fraction of sp³-hybridized carbons (Fsp3) is 0.562. The van der Waals surface area contributed by atoms with E-state index in [9.17, 15) is 4.79 Å². The quantitative estimate of drug-likeness (QED) is 0.839. The Kier molecular flexibility index (Phi) is 6.52. The first-order valence-electron chi connectivity index (χ1n) is 7.16. The largest absolute Gasteiger partial charge is 0.336 e. The molecule has 112 valence electrons. The first kappa shape index (κ1) is 16.5. The van der Waals surface area contributed by atoms with Crippen LogP contribution in [-0.2, 0) is 0 Å². The van der Waals surface area contributed by atoms with E-state index in [4.69, 9.17) is 0 Å². The van der Waals surface area contributed by atoms with Gasteiger partial charge >= 0.3 is 6.03 Å². The van der Waals surface area contributed by atoms with Crippen LogP contribution in [0.4, 0.5) is 10.5 Å². The maximum atomic E-state index is 11.9. The predicted octanol–water partition coefficient (Wildman–Crippen LogP) is 3.09. The number of hydrogen-bond donors (Lipinski definition) is 2. The predicted molar refractivity (Wildman–Crippen MR) is 85.1 cm³/mol. The molecule has 2 amide bonds. The van der Waals surface area contributed by atoms with E-state index >= 15 is 0 Å². The van der Waals surface area contributed by atoms with Gasteiger partial charge in [0.05, 0.1) is 0 Å². The number of likely N-dealkylation sites (N-methyl/N-ethyl adjacent to an activating group) is 1. The Morgan fingerprint density at radius 3 is 2.55 bits per heavy atom. The van der Waals surface area contributed by atoms with Gasteiger partial charge in [-0.15, -0.1) is 0 Å². The summed E-state index contributed by atoms with van der Waals surface area (Å²) >= 11 is 0. The summed E-state index contributed by atoms with van der Waals surface area (Å²) in [5, 5.41) is 5.81. The molecule has 0 spiro atoms. The average molecular weight is 277 g/mol. The minimum atomic E-state index is -0.147. The van der Waals surface area contributed by atoms with Crippen molar-refractivity contribution < 1.29 is 4.79 Å². The third-order valence-corrected chi connectivity index (χ3v) is 3.25. The number of benzene rings is 1. The number of hydrogen-bond acceptors (Lipinski definition) is 2. The number of rotatable bonds is 6. The van der Waals surface area contributed by atoms with Crippen molar-refractivity contribution in [3.8, 4) is 0 Å². The molecular formula is C16H27N3O. The Labute approximate surface area is 122 Å². The van der Waals surface area contributed by atoms with Crippen LogP contribution in [0.5, 0.6) is 0 Å². The van der Waals surface area contributed by atoms with Gasteiger partial charge in [-0.1, -0.05) is 26.0 Å². The Bertz CT molecular complexity index is 429. The highest BCUT2D eigenvalue weighted by Crippen LogP contribution is 2.10. The molecule has 1 rings (SSSR count). The molecule has 0 aliphatic heterocycles. The fourth-order valence-electron chi connectivity index (χ4n) is 2.13. The standard InChI is InChI=1S/C16H27N3O/c1-12(2)9-15(19(4)5)11-17-16(20)18-14-8-6-7-13(3)10-14/h6-8,10,12,15H,9,11H2,1-5H3,(H2,17,18,20). The van der Waals surface area contributed by atoms with Crippen LogP contribution in [0.25, 0.3) is 0 Å². The van der Waals surface area contributed by atoms with Crippen LogP contribution in [0.1, 0.15) is 25.8 Å². The molecule has 0 aliphatic rings. The zero-order valence-electron chi connectivity index (χ0n) is 13.2. The Balaban J connectivity index is 2.45. The first-order valence-corrected chi connectivity index (χ1v) is 7.16. The third kappa shape index (κ3) is 6.06. The molecule has 1 aromatic carbocycles. The second-order valence-corrected chi connectivity index (χ2v) is 5.95. The highest BCUT2D eigenvalue weighted by molar-refractivity contribution is 5.89. The summed E-state index contributed by atoms with van der Waals surface area (Å²) < 4.78 is 0. The van der Waals surface area contributed by atoms with Gasteiger partial charge in [0.25, 0.3) is 0 Å². The molecule has 1 unspecified atom stereocenters. The zero-order valence-corrected chi connectivity index (χ0v) is 13.2. The number of carbonyl (C=O) groups is 1. The van der Waals surface area contributed by atoms with Crippen molar-refractivity contribution in [1.82, 2.24) is 10.2 Å². The monoisotopic (exact) mass is 277 g/mol. The average Bonchev–Trinajstić information content (AvgIpc) is 2.33. The molecule has 4 heteroatoms. The Hall–Kier alpha value is -1.55. The third-order valence-electron chi connectivity index (χ3n) is 3.25. The molecule has 20 heavy (non-hydrogen) atoms. The SMILES string of the molecule is Cc1cccc(NC(=O)NCC(CC(C)C)N(C)C)c1. The summed E-state index contributed by atoms with van der Waals surface area (Å²) in [6.45, 7) is 7.06. The molecule has 4 nitrogen and oxygen atoms in total. The van der Waals surface area contributed by atoms with Gasteiger partial charge < -0.3 is 15.5 Å². The van der Waals surface area contributed by atoms with Crippen LogP contribution in [0.3, 0.4) is 0 Å². The normalized spacial score (nSPS) is 12.6. The van der Waals surface area contributed by atoms with E-state index in [0.717, 1.165) is 17.7 Å². The molecule has 1 atom stereocenters. The molecular weight excluding hydrogens is 250 g/mol. The fourth-order valence-corrected chi connectivity index (χ4v) is 2.13. The molecule has 0 saturated heterocycles. The first-order chi connectivity index (χ1) is 9.38. The zero-order chi connectivity index (χ0) is 15.1. The number of carbonyl (C=O) groups excluding carboxylic acids is 1. The van der Waals surface area contributed by atoms with E-state index < -0.39 is 0 Å². The van der Waals surface area contributed by atoms with Crippen LogP contribution in [0.15, 0.2) is 24.3 Å². The van der Waals surface area contributed by atoms with Gasteiger partial charge in [0.15, 0.2) is 0 Å². The van der Waals surface area contributed by atoms with E-state index in [2.05, 4.69) is 29.4 Å². The van der Waals surface area contributed by atoms with E-state index in [1.165, 1.54) is 0 Å². The molecule has 0 aromatic heterocycles. The lowest BCUT2D eigenvalue weighted by atomic mass is 10.0.